The third-order valence-electron chi connectivity index (χ3n) is 2.60. The van der Waals surface area contributed by atoms with Gasteiger partial charge in [-0.25, -0.2) is 5.43 Å². The molecule has 0 aliphatic heterocycles. The van der Waals surface area contributed by atoms with Gasteiger partial charge in [-0.15, -0.1) is 11.3 Å². The van der Waals surface area contributed by atoms with Crippen LogP contribution in [0.15, 0.2) is 39.2 Å². The second kappa shape index (κ2) is 8.08. The van der Waals surface area contributed by atoms with Crippen LogP contribution in [0, 0.1) is 11.8 Å². The predicted molar refractivity (Wildman–Crippen MR) is 84.5 cm³/mol. The van der Waals surface area contributed by atoms with Crippen molar-refractivity contribution in [2.75, 3.05) is 0 Å². The fourth-order valence-corrected chi connectivity index (χ4v) is 2.10. The van der Waals surface area contributed by atoms with Gasteiger partial charge in [0.05, 0.1) is 6.21 Å². The van der Waals surface area contributed by atoms with Crippen molar-refractivity contribution in [1.82, 2.24) is 5.43 Å². The molecular formula is C16H16N2O2S. The second-order valence-corrected chi connectivity index (χ2v) is 5.26. The number of furan rings is 1. The first-order valence-corrected chi connectivity index (χ1v) is 7.63. The van der Waals surface area contributed by atoms with Crippen molar-refractivity contribution in [2.45, 2.75) is 26.2 Å². The molecule has 0 aromatic carbocycles. The Morgan fingerprint density at radius 3 is 3.14 bits per heavy atom. The van der Waals surface area contributed by atoms with Crippen molar-refractivity contribution < 1.29 is 9.21 Å². The summed E-state index contributed by atoms with van der Waals surface area (Å²) in [5, 5.41) is 5.82. The molecule has 1 N–H and O–H groups in total. The van der Waals surface area contributed by atoms with E-state index in [-0.39, 0.29) is 11.7 Å². The van der Waals surface area contributed by atoms with Crippen LogP contribution in [-0.4, -0.2) is 12.1 Å². The van der Waals surface area contributed by atoms with Gasteiger partial charge in [0.25, 0.3) is 0 Å². The van der Waals surface area contributed by atoms with Gasteiger partial charge >= 0.3 is 5.91 Å². The molecule has 0 aliphatic rings. The summed E-state index contributed by atoms with van der Waals surface area (Å²) in [5.41, 5.74) is 2.42. The minimum absolute atomic E-state index is 0.207. The maximum atomic E-state index is 11.8. The van der Waals surface area contributed by atoms with E-state index in [1.54, 1.807) is 29.7 Å². The molecule has 0 bridgehead atoms. The van der Waals surface area contributed by atoms with Crippen LogP contribution in [-0.2, 0) is 0 Å². The van der Waals surface area contributed by atoms with Crippen LogP contribution in [0.1, 0.15) is 47.4 Å². The van der Waals surface area contributed by atoms with Crippen molar-refractivity contribution in [3.8, 4) is 11.8 Å². The highest BCUT2D eigenvalue weighted by atomic mass is 32.1. The maximum absolute atomic E-state index is 11.8. The van der Waals surface area contributed by atoms with E-state index in [1.807, 2.05) is 17.5 Å². The number of nitrogens with zero attached hydrogens (tertiary/aromatic N) is 1. The summed E-state index contributed by atoms with van der Waals surface area (Å²) in [4.78, 5) is 12.8. The Balaban J connectivity index is 1.88. The first-order valence-electron chi connectivity index (χ1n) is 6.75. The average molecular weight is 300 g/mol. The van der Waals surface area contributed by atoms with E-state index in [0.717, 1.165) is 24.1 Å². The van der Waals surface area contributed by atoms with E-state index in [4.69, 9.17) is 4.42 Å². The first kappa shape index (κ1) is 15.1. The molecule has 0 unspecified atom stereocenters. The number of nitrogens with one attached hydrogen (secondary N) is 1. The molecule has 0 radical (unpaired) electrons. The number of unbranched alkanes of at least 4 members (excludes halogenated alkanes) is 2. The summed E-state index contributed by atoms with van der Waals surface area (Å²) in [5.74, 6) is 6.23. The zero-order chi connectivity index (χ0) is 14.9. The summed E-state index contributed by atoms with van der Waals surface area (Å²) in [6, 6.07) is 7.12. The van der Waals surface area contributed by atoms with Crippen molar-refractivity contribution in [3.63, 3.8) is 0 Å². The average Bonchev–Trinajstić information content (AvgIpc) is 3.15. The normalized spacial score (nSPS) is 10.3. The Hall–Kier alpha value is -2.32. The Morgan fingerprint density at radius 1 is 1.48 bits per heavy atom. The zero-order valence-electron chi connectivity index (χ0n) is 11.8. The summed E-state index contributed by atoms with van der Waals surface area (Å²) >= 11 is 1.55. The minimum atomic E-state index is -0.385. The van der Waals surface area contributed by atoms with Crippen molar-refractivity contribution >= 4 is 23.5 Å². The molecule has 2 aromatic heterocycles. The number of carbonyl (C=O) groups is 1. The van der Waals surface area contributed by atoms with Crippen LogP contribution in [0.25, 0.3) is 0 Å². The molecule has 0 atom stereocenters. The summed E-state index contributed by atoms with van der Waals surface area (Å²) in [7, 11) is 0. The molecular weight excluding hydrogens is 284 g/mol. The standard InChI is InChI=1S/C16H16N2O2S/c1-2-3-4-5-7-13-9-10-15(20-13)16(19)18-17-12-14-8-6-11-21-14/h6,8-12H,2-4H2,1H3,(H,18,19)/b17-12-. The van der Waals surface area contributed by atoms with E-state index in [0.29, 0.717) is 5.76 Å². The lowest BCUT2D eigenvalue weighted by Crippen LogP contribution is -2.16. The van der Waals surface area contributed by atoms with Crippen molar-refractivity contribution in [3.05, 3.63) is 46.0 Å². The number of carbonyl (C=O) groups excluding carboxylic acids is 1. The molecule has 2 rings (SSSR count). The number of hydrogen-bond donors (Lipinski definition) is 1. The van der Waals surface area contributed by atoms with Crippen LogP contribution in [0.4, 0.5) is 0 Å². The SMILES string of the molecule is CCCCC#Cc1ccc(C(=O)N/N=C\c2cccs2)o1. The molecule has 2 aromatic rings. The molecule has 21 heavy (non-hydrogen) atoms. The van der Waals surface area contributed by atoms with Crippen LogP contribution >= 0.6 is 11.3 Å². The van der Waals surface area contributed by atoms with Crippen molar-refractivity contribution in [1.29, 1.82) is 0 Å². The van der Waals surface area contributed by atoms with Crippen LogP contribution in [0.5, 0.6) is 0 Å². The lowest BCUT2D eigenvalue weighted by molar-refractivity contribution is 0.0927. The number of amides is 1. The molecule has 0 saturated heterocycles. The fourth-order valence-electron chi connectivity index (χ4n) is 1.52. The van der Waals surface area contributed by atoms with E-state index < -0.39 is 0 Å². The van der Waals surface area contributed by atoms with E-state index >= 15 is 0 Å². The van der Waals surface area contributed by atoms with Gasteiger partial charge in [0.1, 0.15) is 0 Å². The Kier molecular flexibility index (Phi) is 5.80. The molecule has 0 spiro atoms. The molecule has 5 heteroatoms. The molecule has 1 amide bonds. The van der Waals surface area contributed by atoms with Gasteiger partial charge < -0.3 is 4.42 Å². The van der Waals surface area contributed by atoms with Crippen molar-refractivity contribution in [2.24, 2.45) is 5.10 Å². The van der Waals surface area contributed by atoms with E-state index in [1.165, 1.54) is 0 Å². The van der Waals surface area contributed by atoms with Gasteiger partial charge in [0.2, 0.25) is 0 Å². The highest BCUT2D eigenvalue weighted by Gasteiger charge is 2.09. The topological polar surface area (TPSA) is 54.6 Å². The van der Waals surface area contributed by atoms with Gasteiger partial charge in [-0.3, -0.25) is 4.79 Å². The molecule has 108 valence electrons. The summed E-state index contributed by atoms with van der Waals surface area (Å²) in [6.07, 6.45) is 4.61. The number of thiophene rings is 1. The molecule has 2 heterocycles. The summed E-state index contributed by atoms with van der Waals surface area (Å²) in [6.45, 7) is 2.12. The maximum Gasteiger partial charge on any atom is 0.307 e. The second-order valence-electron chi connectivity index (χ2n) is 4.28. The number of hydrogen-bond acceptors (Lipinski definition) is 4. The first-order chi connectivity index (χ1) is 10.3. The number of hydrazone groups is 1. The van der Waals surface area contributed by atoms with Gasteiger partial charge in [0, 0.05) is 11.3 Å². The van der Waals surface area contributed by atoms with E-state index in [2.05, 4.69) is 29.3 Å². The number of rotatable bonds is 5. The molecule has 0 saturated carbocycles. The Morgan fingerprint density at radius 2 is 2.38 bits per heavy atom. The third-order valence-corrected chi connectivity index (χ3v) is 3.40. The predicted octanol–water partition coefficient (Wildman–Crippen LogP) is 3.65. The molecule has 4 nitrogen and oxygen atoms in total. The molecule has 0 fully saturated rings. The Bertz CT molecular complexity index is 660. The van der Waals surface area contributed by atoms with Crippen LogP contribution in [0.2, 0.25) is 0 Å². The zero-order valence-corrected chi connectivity index (χ0v) is 12.6. The lowest BCUT2D eigenvalue weighted by Gasteiger charge is -1.94. The largest absolute Gasteiger partial charge is 0.443 e. The van der Waals surface area contributed by atoms with Gasteiger partial charge in [0.15, 0.2) is 11.5 Å². The smallest absolute Gasteiger partial charge is 0.307 e. The lowest BCUT2D eigenvalue weighted by atomic mass is 10.2. The van der Waals surface area contributed by atoms with Gasteiger partial charge in [-0.05, 0) is 35.9 Å². The van der Waals surface area contributed by atoms with Crippen LogP contribution in [0.3, 0.4) is 0 Å². The highest BCUT2D eigenvalue weighted by molar-refractivity contribution is 7.11. The van der Waals surface area contributed by atoms with Gasteiger partial charge in [-0.2, -0.15) is 5.10 Å². The summed E-state index contributed by atoms with van der Waals surface area (Å²) < 4.78 is 5.36. The third kappa shape index (κ3) is 4.93. The Labute approximate surface area is 127 Å². The quantitative estimate of drug-likeness (QED) is 0.396. The molecule has 0 aliphatic carbocycles. The minimum Gasteiger partial charge on any atom is -0.443 e. The monoisotopic (exact) mass is 300 g/mol. The van der Waals surface area contributed by atoms with Gasteiger partial charge in [-0.1, -0.05) is 25.3 Å². The fraction of sp³-hybridized carbons (Fsp3) is 0.250. The van der Waals surface area contributed by atoms with E-state index in [9.17, 15) is 4.79 Å². The van der Waals surface area contributed by atoms with Crippen LogP contribution < -0.4 is 5.43 Å². The highest BCUT2D eigenvalue weighted by Crippen LogP contribution is 2.07.